The van der Waals surface area contributed by atoms with E-state index in [1.54, 1.807) is 4.88 Å². The SMILES string of the molecule is CCNCc1ccc(CN2CCc3sccc3C2C)o1. The minimum atomic E-state index is 0.493. The van der Waals surface area contributed by atoms with Crippen molar-refractivity contribution in [1.29, 1.82) is 0 Å². The molecule has 1 aliphatic rings. The van der Waals surface area contributed by atoms with Crippen molar-refractivity contribution in [3.8, 4) is 0 Å². The van der Waals surface area contributed by atoms with Gasteiger partial charge in [0.2, 0.25) is 0 Å². The van der Waals surface area contributed by atoms with E-state index in [0.29, 0.717) is 6.04 Å². The Balaban J connectivity index is 1.65. The topological polar surface area (TPSA) is 28.4 Å². The Morgan fingerprint density at radius 1 is 1.35 bits per heavy atom. The first-order valence-electron chi connectivity index (χ1n) is 7.36. The summed E-state index contributed by atoms with van der Waals surface area (Å²) in [7, 11) is 0. The maximum atomic E-state index is 5.90. The van der Waals surface area contributed by atoms with Gasteiger partial charge in [-0.25, -0.2) is 0 Å². The van der Waals surface area contributed by atoms with Crippen LogP contribution in [-0.2, 0) is 19.5 Å². The molecule has 0 fully saturated rings. The molecule has 2 aromatic rings. The Kier molecular flexibility index (Phi) is 4.24. The van der Waals surface area contributed by atoms with Gasteiger partial charge in [0.1, 0.15) is 11.5 Å². The maximum Gasteiger partial charge on any atom is 0.118 e. The fraction of sp³-hybridized carbons (Fsp3) is 0.500. The average molecular weight is 290 g/mol. The van der Waals surface area contributed by atoms with Crippen molar-refractivity contribution in [3.05, 3.63) is 45.5 Å². The lowest BCUT2D eigenvalue weighted by atomic mass is 10.0. The average Bonchev–Trinajstić information content (AvgIpc) is 3.09. The fourth-order valence-corrected chi connectivity index (χ4v) is 3.79. The minimum Gasteiger partial charge on any atom is -0.463 e. The molecule has 1 atom stereocenters. The fourth-order valence-electron chi connectivity index (χ4n) is 2.83. The number of nitrogens with one attached hydrogen (secondary N) is 1. The molecular weight excluding hydrogens is 268 g/mol. The lowest BCUT2D eigenvalue weighted by molar-refractivity contribution is 0.175. The molecule has 0 aromatic carbocycles. The van der Waals surface area contributed by atoms with Crippen LogP contribution in [0, 0.1) is 0 Å². The normalized spacial score (nSPS) is 19.2. The van der Waals surface area contributed by atoms with E-state index >= 15 is 0 Å². The second-order valence-corrected chi connectivity index (χ2v) is 6.34. The third kappa shape index (κ3) is 2.82. The van der Waals surface area contributed by atoms with Gasteiger partial charge in [-0.3, -0.25) is 4.90 Å². The van der Waals surface area contributed by atoms with Crippen molar-refractivity contribution in [3.63, 3.8) is 0 Å². The first-order valence-corrected chi connectivity index (χ1v) is 8.24. The zero-order valence-electron chi connectivity index (χ0n) is 12.2. The molecule has 0 saturated heterocycles. The standard InChI is InChI=1S/C16H22N2OS/c1-3-17-10-13-4-5-14(19-13)11-18-8-6-16-15(12(18)2)7-9-20-16/h4-5,7,9,12,17H,3,6,8,10-11H2,1-2H3. The largest absolute Gasteiger partial charge is 0.463 e. The van der Waals surface area contributed by atoms with Gasteiger partial charge in [0.15, 0.2) is 0 Å². The van der Waals surface area contributed by atoms with Crippen molar-refractivity contribution in [2.45, 2.75) is 39.4 Å². The van der Waals surface area contributed by atoms with Gasteiger partial charge in [-0.15, -0.1) is 11.3 Å². The molecule has 0 radical (unpaired) electrons. The summed E-state index contributed by atoms with van der Waals surface area (Å²) in [6, 6.07) is 6.97. The monoisotopic (exact) mass is 290 g/mol. The predicted octanol–water partition coefficient (Wildman–Crippen LogP) is 3.57. The Morgan fingerprint density at radius 2 is 2.20 bits per heavy atom. The van der Waals surface area contributed by atoms with Crippen LogP contribution < -0.4 is 5.32 Å². The van der Waals surface area contributed by atoms with Gasteiger partial charge >= 0.3 is 0 Å². The Hall–Kier alpha value is -1.10. The van der Waals surface area contributed by atoms with Crippen LogP contribution in [0.5, 0.6) is 0 Å². The highest BCUT2D eigenvalue weighted by atomic mass is 32.1. The van der Waals surface area contributed by atoms with Crippen LogP contribution >= 0.6 is 11.3 Å². The van der Waals surface area contributed by atoms with Crippen molar-refractivity contribution < 1.29 is 4.42 Å². The third-order valence-corrected chi connectivity index (χ3v) is 5.03. The van der Waals surface area contributed by atoms with Gasteiger partial charge in [-0.1, -0.05) is 6.92 Å². The highest BCUT2D eigenvalue weighted by Gasteiger charge is 2.25. The molecule has 0 spiro atoms. The van der Waals surface area contributed by atoms with Crippen LogP contribution in [0.3, 0.4) is 0 Å². The molecule has 108 valence electrons. The Bertz CT molecular complexity index is 560. The van der Waals surface area contributed by atoms with Crippen molar-refractivity contribution >= 4 is 11.3 Å². The first-order chi connectivity index (χ1) is 9.78. The summed E-state index contributed by atoms with van der Waals surface area (Å²) in [4.78, 5) is 4.06. The molecule has 1 aliphatic heterocycles. The number of nitrogens with zero attached hydrogens (tertiary/aromatic N) is 1. The van der Waals surface area contributed by atoms with E-state index in [1.807, 2.05) is 11.3 Å². The molecule has 3 nitrogen and oxygen atoms in total. The molecule has 3 rings (SSSR count). The molecule has 0 aliphatic carbocycles. The summed E-state index contributed by atoms with van der Waals surface area (Å²) in [6.45, 7) is 8.23. The summed E-state index contributed by atoms with van der Waals surface area (Å²) in [6.07, 6.45) is 1.17. The van der Waals surface area contributed by atoms with E-state index in [1.165, 1.54) is 12.0 Å². The summed E-state index contributed by atoms with van der Waals surface area (Å²) in [5.74, 6) is 2.10. The number of furan rings is 1. The zero-order valence-corrected chi connectivity index (χ0v) is 13.0. The number of fused-ring (bicyclic) bond motifs is 1. The number of thiophene rings is 1. The van der Waals surface area contributed by atoms with Crippen LogP contribution in [0.15, 0.2) is 28.0 Å². The highest BCUT2D eigenvalue weighted by Crippen LogP contribution is 2.33. The van der Waals surface area contributed by atoms with Crippen LogP contribution in [0.25, 0.3) is 0 Å². The van der Waals surface area contributed by atoms with Gasteiger partial charge in [0, 0.05) is 17.5 Å². The number of rotatable bonds is 5. The Labute approximate surface area is 124 Å². The van der Waals surface area contributed by atoms with Gasteiger partial charge in [0.05, 0.1) is 13.1 Å². The molecule has 3 heterocycles. The minimum absolute atomic E-state index is 0.493. The number of hydrogen-bond acceptors (Lipinski definition) is 4. The van der Waals surface area contributed by atoms with E-state index in [4.69, 9.17) is 4.42 Å². The van der Waals surface area contributed by atoms with Crippen molar-refractivity contribution in [1.82, 2.24) is 10.2 Å². The molecule has 1 unspecified atom stereocenters. The molecule has 0 amide bonds. The molecule has 1 N–H and O–H groups in total. The van der Waals surface area contributed by atoms with Crippen LogP contribution in [0.4, 0.5) is 0 Å². The van der Waals surface area contributed by atoms with Crippen LogP contribution in [0.2, 0.25) is 0 Å². The van der Waals surface area contributed by atoms with Crippen LogP contribution in [0.1, 0.15) is 41.9 Å². The quantitative estimate of drug-likeness (QED) is 0.912. The molecule has 20 heavy (non-hydrogen) atoms. The lowest BCUT2D eigenvalue weighted by Crippen LogP contribution is -2.32. The van der Waals surface area contributed by atoms with Gasteiger partial charge in [-0.2, -0.15) is 0 Å². The van der Waals surface area contributed by atoms with E-state index < -0.39 is 0 Å². The lowest BCUT2D eigenvalue weighted by Gasteiger charge is -2.32. The second kappa shape index (κ2) is 6.12. The van der Waals surface area contributed by atoms with Gasteiger partial charge in [0.25, 0.3) is 0 Å². The van der Waals surface area contributed by atoms with E-state index in [0.717, 1.165) is 37.7 Å². The predicted molar refractivity (Wildman–Crippen MR) is 82.9 cm³/mol. The molecule has 4 heteroatoms. The molecular formula is C16H22N2OS. The summed E-state index contributed by atoms with van der Waals surface area (Å²) in [5.41, 5.74) is 1.50. The molecule has 0 saturated carbocycles. The molecule has 0 bridgehead atoms. The summed E-state index contributed by atoms with van der Waals surface area (Å²) < 4.78 is 5.90. The highest BCUT2D eigenvalue weighted by molar-refractivity contribution is 7.10. The number of hydrogen-bond donors (Lipinski definition) is 1. The molecule has 2 aromatic heterocycles. The van der Waals surface area contributed by atoms with Gasteiger partial charge < -0.3 is 9.73 Å². The summed E-state index contributed by atoms with van der Waals surface area (Å²) in [5, 5.41) is 5.51. The van der Waals surface area contributed by atoms with Crippen LogP contribution in [-0.4, -0.2) is 18.0 Å². The first kappa shape index (κ1) is 13.9. The van der Waals surface area contributed by atoms with E-state index in [9.17, 15) is 0 Å². The van der Waals surface area contributed by atoms with Gasteiger partial charge in [-0.05, 0) is 49.0 Å². The van der Waals surface area contributed by atoms with Crippen molar-refractivity contribution in [2.75, 3.05) is 13.1 Å². The third-order valence-electron chi connectivity index (χ3n) is 4.03. The summed E-state index contributed by atoms with van der Waals surface area (Å²) >= 11 is 1.89. The maximum absolute atomic E-state index is 5.90. The Morgan fingerprint density at radius 3 is 3.05 bits per heavy atom. The zero-order chi connectivity index (χ0) is 13.9. The van der Waals surface area contributed by atoms with Crippen molar-refractivity contribution in [2.24, 2.45) is 0 Å². The van der Waals surface area contributed by atoms with E-state index in [-0.39, 0.29) is 0 Å². The smallest absolute Gasteiger partial charge is 0.118 e. The van der Waals surface area contributed by atoms with E-state index in [2.05, 4.69) is 47.6 Å². The second-order valence-electron chi connectivity index (χ2n) is 5.34.